The van der Waals surface area contributed by atoms with Gasteiger partial charge in [0, 0.05) is 50.4 Å². The van der Waals surface area contributed by atoms with E-state index in [1.807, 2.05) is 90.1 Å². The van der Waals surface area contributed by atoms with Crippen LogP contribution in [0.5, 0.6) is 11.5 Å². The van der Waals surface area contributed by atoms with Crippen molar-refractivity contribution in [3.05, 3.63) is 117 Å². The molecule has 0 spiro atoms. The van der Waals surface area contributed by atoms with Gasteiger partial charge in [-0.15, -0.1) is 0 Å². The summed E-state index contributed by atoms with van der Waals surface area (Å²) in [6, 6.07) is 19.6. The molecule has 18 nitrogen and oxygen atoms in total. The normalized spacial score (nSPS) is 12.2. The first-order valence-electron chi connectivity index (χ1n) is 21.9. The number of carbonyl (C=O) groups is 4. The van der Waals surface area contributed by atoms with Gasteiger partial charge in [0.15, 0.2) is 0 Å². The number of benzene rings is 3. The Bertz CT molecular complexity index is 3080. The van der Waals surface area contributed by atoms with Crippen LogP contribution in [0.3, 0.4) is 0 Å². The number of nitrogens with zero attached hydrogens (tertiary/aromatic N) is 10. The number of unbranched alkanes of at least 4 members (excludes halogenated alkanes) is 2. The third kappa shape index (κ3) is 9.28. The van der Waals surface area contributed by atoms with Crippen LogP contribution in [0.25, 0.3) is 22.1 Å². The molecule has 0 aliphatic heterocycles. The molecule has 0 radical (unpaired) electrons. The summed E-state index contributed by atoms with van der Waals surface area (Å²) < 4.78 is 22.9. The highest BCUT2D eigenvalue weighted by Crippen LogP contribution is 2.30. The number of hydrogen-bond donors (Lipinski definition) is 2. The van der Waals surface area contributed by atoms with Gasteiger partial charge in [-0.1, -0.05) is 12.1 Å². The highest BCUT2D eigenvalue weighted by molar-refractivity contribution is 5.99. The van der Waals surface area contributed by atoms with E-state index in [2.05, 4.69) is 15.2 Å². The summed E-state index contributed by atoms with van der Waals surface area (Å²) in [5.41, 5.74) is 18.9. The van der Waals surface area contributed by atoms with Crippen LogP contribution >= 0.6 is 0 Å². The van der Waals surface area contributed by atoms with Crippen molar-refractivity contribution in [2.75, 3.05) is 7.11 Å². The van der Waals surface area contributed by atoms with Crippen molar-refractivity contribution in [3.63, 3.8) is 0 Å². The van der Waals surface area contributed by atoms with Crippen LogP contribution in [0.2, 0.25) is 0 Å². The lowest BCUT2D eigenvalue weighted by Crippen LogP contribution is -2.28. The summed E-state index contributed by atoms with van der Waals surface area (Å²) in [5, 5.41) is 8.93. The van der Waals surface area contributed by atoms with Crippen LogP contribution in [-0.2, 0) is 45.9 Å². The molecule has 4 N–H and O–H groups in total. The van der Waals surface area contributed by atoms with Crippen LogP contribution < -0.4 is 32.2 Å². The summed E-state index contributed by atoms with van der Waals surface area (Å²) in [4.78, 5) is 62.3. The van der Waals surface area contributed by atoms with Gasteiger partial charge in [0.2, 0.25) is 23.1 Å². The van der Waals surface area contributed by atoms with Crippen molar-refractivity contribution in [3.8, 4) is 11.5 Å². The van der Waals surface area contributed by atoms with Gasteiger partial charge < -0.3 is 39.2 Å². The van der Waals surface area contributed by atoms with Crippen molar-refractivity contribution in [1.82, 2.24) is 37.8 Å². The molecule has 4 aromatic heterocycles. The molecule has 65 heavy (non-hydrogen) atoms. The number of ether oxygens (including phenoxy) is 2. The predicted octanol–water partition coefficient (Wildman–Crippen LogP) is 5.43. The number of nitrogens with two attached hydrogens (primary N) is 2. The van der Waals surface area contributed by atoms with Crippen molar-refractivity contribution in [2.24, 2.45) is 21.5 Å². The lowest BCUT2D eigenvalue weighted by molar-refractivity contribution is 0.0977. The zero-order valence-corrected chi connectivity index (χ0v) is 38.0. The van der Waals surface area contributed by atoms with Crippen molar-refractivity contribution in [1.29, 1.82) is 0 Å². The zero-order chi connectivity index (χ0) is 46.5. The van der Waals surface area contributed by atoms with E-state index in [1.165, 1.54) is 0 Å². The molecule has 0 aliphatic rings. The smallest absolute Gasteiger partial charge is 0.298 e. The molecule has 340 valence electrons. The topological polar surface area (TPSA) is 219 Å². The summed E-state index contributed by atoms with van der Waals surface area (Å²) in [6.07, 6.45) is 2.03. The van der Waals surface area contributed by atoms with E-state index in [9.17, 15) is 19.2 Å². The van der Waals surface area contributed by atoms with Crippen molar-refractivity contribution in [2.45, 2.75) is 107 Å². The third-order valence-corrected chi connectivity index (χ3v) is 11.4. The van der Waals surface area contributed by atoms with Crippen LogP contribution in [-0.4, -0.2) is 68.6 Å². The van der Waals surface area contributed by atoms with E-state index >= 15 is 0 Å². The number of carbonyl (C=O) groups excluding carboxylic acids is 4. The van der Waals surface area contributed by atoms with Crippen LogP contribution in [0.1, 0.15) is 106 Å². The number of fused-ring (bicyclic) bond motifs is 2. The fourth-order valence-electron chi connectivity index (χ4n) is 8.27. The summed E-state index contributed by atoms with van der Waals surface area (Å²) >= 11 is 0. The molecule has 3 aromatic carbocycles. The first kappa shape index (κ1) is 45.5. The maximum absolute atomic E-state index is 14.1. The maximum Gasteiger partial charge on any atom is 0.298 e. The van der Waals surface area contributed by atoms with Gasteiger partial charge in [-0.05, 0) is 121 Å². The highest BCUT2D eigenvalue weighted by atomic mass is 16.5. The SMILES string of the molecule is CCn1nc(C)cc1C(=O)N=c1n(CC)c2cc(C(N)=O)ccc2n1CCCCCn1c(=NC(=O)c2cc(C)nn2CC)n(CC)c2cc(C(N)=O)cc(OCc3ccc(OC)cc3)c21. The third-order valence-electron chi connectivity index (χ3n) is 11.4. The Morgan fingerprint density at radius 1 is 0.600 bits per heavy atom. The lowest BCUT2D eigenvalue weighted by Gasteiger charge is -2.13. The largest absolute Gasteiger partial charge is 0.497 e. The number of aromatic nitrogens is 8. The minimum absolute atomic E-state index is 0.179. The van der Waals surface area contributed by atoms with Gasteiger partial charge in [0.1, 0.15) is 35.0 Å². The van der Waals surface area contributed by atoms with Gasteiger partial charge in [0.05, 0.1) is 35.0 Å². The molecule has 0 unspecified atom stereocenters. The molecule has 0 saturated carbocycles. The molecule has 4 amide bonds. The molecule has 7 rings (SSSR count). The minimum atomic E-state index is -0.625. The van der Waals surface area contributed by atoms with Crippen molar-refractivity contribution >= 4 is 45.7 Å². The molecular formula is C47H56N12O6. The Hall–Kier alpha value is -7.50. The molecular weight excluding hydrogens is 829 g/mol. The molecule has 4 heterocycles. The second-order valence-corrected chi connectivity index (χ2v) is 15.7. The average molecular weight is 885 g/mol. The molecule has 18 heteroatoms. The van der Waals surface area contributed by atoms with Gasteiger partial charge in [-0.3, -0.25) is 28.5 Å². The molecule has 0 fully saturated rings. The second kappa shape index (κ2) is 19.5. The molecule has 7 aromatic rings. The van der Waals surface area contributed by atoms with E-state index < -0.39 is 23.6 Å². The molecule has 0 bridgehead atoms. The van der Waals surface area contributed by atoms with Gasteiger partial charge in [-0.2, -0.15) is 20.2 Å². The lowest BCUT2D eigenvalue weighted by atomic mass is 10.1. The molecule has 0 atom stereocenters. The number of aryl methyl sites for hydroxylation is 8. The zero-order valence-electron chi connectivity index (χ0n) is 38.0. The van der Waals surface area contributed by atoms with E-state index in [-0.39, 0.29) is 12.2 Å². The van der Waals surface area contributed by atoms with E-state index in [0.717, 1.165) is 16.6 Å². The van der Waals surface area contributed by atoms with Crippen LogP contribution in [0.15, 0.2) is 76.7 Å². The van der Waals surface area contributed by atoms with E-state index in [4.69, 9.17) is 25.9 Å². The maximum atomic E-state index is 14.1. The number of hydrogen-bond acceptors (Lipinski definition) is 8. The quantitative estimate of drug-likeness (QED) is 0.106. The van der Waals surface area contributed by atoms with Crippen LogP contribution in [0, 0.1) is 13.8 Å². The van der Waals surface area contributed by atoms with Gasteiger partial charge in [-0.25, -0.2) is 0 Å². The standard InChI is InChI=1S/C47H56N12O6/c1-8-54-36-25-32(42(48)60)17-20-35(36)56(46(54)50-44(62)38-23-29(5)52-58(38)10-3)21-13-12-14-22-57-41-37(55(9-2)47(57)51-45(63)39-24-30(6)53-59(39)11-4)26-33(43(49)61)27-40(41)65-28-31-15-18-34(64-7)19-16-31/h15-20,23-27H,8-14,21-22,28H2,1-7H3,(H2,48,60)(H2,49,61). The number of rotatable bonds is 18. The number of primary amides is 2. The van der Waals surface area contributed by atoms with Gasteiger partial charge in [0.25, 0.3) is 11.8 Å². The number of imidazole rings is 2. The Morgan fingerprint density at radius 3 is 1.68 bits per heavy atom. The Labute approximate surface area is 375 Å². The monoisotopic (exact) mass is 884 g/mol. The fourth-order valence-corrected chi connectivity index (χ4v) is 8.27. The predicted molar refractivity (Wildman–Crippen MR) is 244 cm³/mol. The Kier molecular flexibility index (Phi) is 13.6. The number of amides is 4. The van der Waals surface area contributed by atoms with Crippen LogP contribution in [0.4, 0.5) is 0 Å². The van der Waals surface area contributed by atoms with E-state index in [1.54, 1.807) is 52.9 Å². The first-order valence-corrected chi connectivity index (χ1v) is 21.9. The summed E-state index contributed by atoms with van der Waals surface area (Å²) in [5.74, 6) is -0.945. The van der Waals surface area contributed by atoms with E-state index in [0.29, 0.717) is 121 Å². The summed E-state index contributed by atoms with van der Waals surface area (Å²) in [6.45, 7) is 14.4. The molecule has 0 saturated heterocycles. The number of methoxy groups -OCH3 is 1. The van der Waals surface area contributed by atoms with Gasteiger partial charge >= 0.3 is 0 Å². The Morgan fingerprint density at radius 2 is 1.14 bits per heavy atom. The highest BCUT2D eigenvalue weighted by Gasteiger charge is 2.22. The molecule has 0 aliphatic carbocycles. The summed E-state index contributed by atoms with van der Waals surface area (Å²) in [7, 11) is 1.60. The Balaban J connectivity index is 1.28. The fraction of sp³-hybridized carbons (Fsp3) is 0.362. The average Bonchev–Trinajstić information content (AvgIpc) is 4.04. The first-order chi connectivity index (χ1) is 31.3. The minimum Gasteiger partial charge on any atom is -0.497 e. The second-order valence-electron chi connectivity index (χ2n) is 15.7. The van der Waals surface area contributed by atoms with Crippen molar-refractivity contribution < 1.29 is 28.7 Å².